The summed E-state index contributed by atoms with van der Waals surface area (Å²) in [5, 5.41) is 2.97. The lowest BCUT2D eigenvalue weighted by atomic mass is 9.98. The predicted molar refractivity (Wildman–Crippen MR) is 125 cm³/mol. The average Bonchev–Trinajstić information content (AvgIpc) is 2.69. The van der Waals surface area contributed by atoms with Gasteiger partial charge < -0.3 is 5.32 Å². The van der Waals surface area contributed by atoms with Crippen LogP contribution in [0.4, 0.5) is 5.69 Å². The number of hydrogen-bond acceptors (Lipinski definition) is 3. The summed E-state index contributed by atoms with van der Waals surface area (Å²) in [6, 6.07) is 15.9. The molecule has 0 fully saturated rings. The third-order valence-electron chi connectivity index (χ3n) is 5.28. The van der Waals surface area contributed by atoms with E-state index in [-0.39, 0.29) is 30.7 Å². The molecule has 0 spiro atoms. The molecule has 6 heteroatoms. The summed E-state index contributed by atoms with van der Waals surface area (Å²) in [6.45, 7) is 8.96. The van der Waals surface area contributed by atoms with Gasteiger partial charge in [-0.25, -0.2) is 8.42 Å². The fourth-order valence-electron chi connectivity index (χ4n) is 3.57. The highest BCUT2D eigenvalue weighted by atomic mass is 32.2. The molecule has 1 amide bonds. The molecule has 1 N–H and O–H groups in total. The maximum Gasteiger partial charge on any atom is 0.232 e. The summed E-state index contributed by atoms with van der Waals surface area (Å²) >= 11 is 0. The second kappa shape index (κ2) is 10.6. The van der Waals surface area contributed by atoms with Gasteiger partial charge in [0, 0.05) is 19.5 Å². The molecular formula is C24H34N2O3S. The highest BCUT2D eigenvalue weighted by Gasteiger charge is 2.23. The van der Waals surface area contributed by atoms with Crippen molar-refractivity contribution in [2.45, 2.75) is 52.4 Å². The van der Waals surface area contributed by atoms with Crippen LogP contribution in [-0.2, 0) is 14.8 Å². The number of sulfonamides is 1. The zero-order chi connectivity index (χ0) is 22.3. The Morgan fingerprint density at radius 2 is 1.70 bits per heavy atom. The van der Waals surface area contributed by atoms with Crippen molar-refractivity contribution in [2.75, 3.05) is 23.7 Å². The van der Waals surface area contributed by atoms with Crippen molar-refractivity contribution in [3.63, 3.8) is 0 Å². The molecule has 30 heavy (non-hydrogen) atoms. The molecule has 0 saturated heterocycles. The van der Waals surface area contributed by atoms with Crippen molar-refractivity contribution in [3.05, 3.63) is 65.2 Å². The van der Waals surface area contributed by atoms with Gasteiger partial charge in [-0.1, -0.05) is 69.3 Å². The number of carbonyl (C=O) groups is 1. The van der Waals surface area contributed by atoms with Crippen LogP contribution in [0, 0.1) is 6.92 Å². The summed E-state index contributed by atoms with van der Waals surface area (Å²) in [5.41, 5.74) is 3.85. The van der Waals surface area contributed by atoms with Crippen molar-refractivity contribution in [2.24, 2.45) is 0 Å². The van der Waals surface area contributed by atoms with Gasteiger partial charge in [0.05, 0.1) is 11.9 Å². The Labute approximate surface area is 181 Å². The molecule has 0 bridgehead atoms. The standard InChI is InChI=1S/C24H34N2O3S/c1-18(2)22-14-9-11-19(3)24(22)26(30(5,28)29)16-10-15-23(27)25-17-20(4)21-12-7-6-8-13-21/h6-9,11-14,18,20H,10,15-17H2,1-5H3,(H,25,27)/t20-/m1/s1. The quantitative estimate of drug-likeness (QED) is 0.600. The van der Waals surface area contributed by atoms with Gasteiger partial charge in [-0.15, -0.1) is 0 Å². The van der Waals surface area contributed by atoms with Crippen molar-refractivity contribution in [1.29, 1.82) is 0 Å². The van der Waals surface area contributed by atoms with Crippen LogP contribution in [0.15, 0.2) is 48.5 Å². The summed E-state index contributed by atoms with van der Waals surface area (Å²) in [7, 11) is -3.45. The maximum atomic E-state index is 12.5. The van der Waals surface area contributed by atoms with Crippen LogP contribution >= 0.6 is 0 Å². The summed E-state index contributed by atoms with van der Waals surface area (Å²) in [5.74, 6) is 0.371. The van der Waals surface area contributed by atoms with Gasteiger partial charge in [-0.3, -0.25) is 9.10 Å². The topological polar surface area (TPSA) is 66.5 Å². The Hall–Kier alpha value is -2.34. The number of nitrogens with zero attached hydrogens (tertiary/aromatic N) is 1. The summed E-state index contributed by atoms with van der Waals surface area (Å²) < 4.78 is 26.5. The first-order chi connectivity index (χ1) is 14.1. The highest BCUT2D eigenvalue weighted by Crippen LogP contribution is 2.32. The third-order valence-corrected chi connectivity index (χ3v) is 6.45. The van der Waals surface area contributed by atoms with Crippen LogP contribution in [0.3, 0.4) is 0 Å². The molecule has 0 heterocycles. The first-order valence-electron chi connectivity index (χ1n) is 10.5. The number of amides is 1. The molecule has 0 aliphatic heterocycles. The summed E-state index contributed by atoms with van der Waals surface area (Å²) in [4.78, 5) is 12.3. The minimum Gasteiger partial charge on any atom is -0.356 e. The fraction of sp³-hybridized carbons (Fsp3) is 0.458. The van der Waals surface area contributed by atoms with E-state index in [1.165, 1.54) is 16.1 Å². The van der Waals surface area contributed by atoms with Crippen molar-refractivity contribution in [3.8, 4) is 0 Å². The van der Waals surface area contributed by atoms with Gasteiger partial charge in [-0.05, 0) is 41.9 Å². The smallest absolute Gasteiger partial charge is 0.232 e. The largest absolute Gasteiger partial charge is 0.356 e. The highest BCUT2D eigenvalue weighted by molar-refractivity contribution is 7.92. The number of carbonyl (C=O) groups excluding carboxylic acids is 1. The second-order valence-electron chi connectivity index (χ2n) is 8.22. The average molecular weight is 431 g/mol. The second-order valence-corrected chi connectivity index (χ2v) is 10.1. The Kier molecular flexibility index (Phi) is 8.47. The minimum absolute atomic E-state index is 0.0555. The number of para-hydroxylation sites is 1. The minimum atomic E-state index is -3.45. The molecule has 0 aliphatic carbocycles. The third kappa shape index (κ3) is 6.59. The number of aryl methyl sites for hydroxylation is 1. The molecule has 1 atom stereocenters. The molecule has 0 aliphatic rings. The van der Waals surface area contributed by atoms with Gasteiger partial charge >= 0.3 is 0 Å². The van der Waals surface area contributed by atoms with E-state index in [0.29, 0.717) is 13.0 Å². The normalized spacial score (nSPS) is 12.6. The van der Waals surface area contributed by atoms with Crippen LogP contribution < -0.4 is 9.62 Å². The van der Waals surface area contributed by atoms with E-state index in [4.69, 9.17) is 0 Å². The molecule has 2 aromatic rings. The molecule has 5 nitrogen and oxygen atoms in total. The number of rotatable bonds is 10. The molecule has 2 aromatic carbocycles. The predicted octanol–water partition coefficient (Wildman–Crippen LogP) is 4.58. The van der Waals surface area contributed by atoms with Crippen LogP contribution in [0.25, 0.3) is 0 Å². The summed E-state index contributed by atoms with van der Waals surface area (Å²) in [6.07, 6.45) is 1.98. The van der Waals surface area contributed by atoms with E-state index in [1.807, 2.05) is 43.3 Å². The Morgan fingerprint density at radius 3 is 2.30 bits per heavy atom. The molecule has 0 saturated carbocycles. The van der Waals surface area contributed by atoms with E-state index in [0.717, 1.165) is 16.8 Å². The Balaban J connectivity index is 1.99. The zero-order valence-electron chi connectivity index (χ0n) is 18.7. The molecule has 0 unspecified atom stereocenters. The maximum absolute atomic E-state index is 12.5. The van der Waals surface area contributed by atoms with Crippen molar-refractivity contribution >= 4 is 21.6 Å². The van der Waals surface area contributed by atoms with Gasteiger partial charge in [0.15, 0.2) is 0 Å². The number of benzene rings is 2. The lowest BCUT2D eigenvalue weighted by Crippen LogP contribution is -2.34. The number of hydrogen-bond donors (Lipinski definition) is 1. The Morgan fingerprint density at radius 1 is 1.03 bits per heavy atom. The van der Waals surface area contributed by atoms with Crippen molar-refractivity contribution < 1.29 is 13.2 Å². The molecule has 2 rings (SSSR count). The van der Waals surface area contributed by atoms with Gasteiger partial charge in [0.25, 0.3) is 0 Å². The van der Waals surface area contributed by atoms with Gasteiger partial charge in [-0.2, -0.15) is 0 Å². The SMILES string of the molecule is Cc1cccc(C(C)C)c1N(CCCC(=O)NC[C@@H](C)c1ccccc1)S(C)(=O)=O. The van der Waals surface area contributed by atoms with Crippen LogP contribution in [0.5, 0.6) is 0 Å². The zero-order valence-corrected chi connectivity index (χ0v) is 19.5. The van der Waals surface area contributed by atoms with E-state index in [2.05, 4.69) is 38.2 Å². The van der Waals surface area contributed by atoms with E-state index in [9.17, 15) is 13.2 Å². The van der Waals surface area contributed by atoms with Gasteiger partial charge in [0.1, 0.15) is 0 Å². The fourth-order valence-corrected chi connectivity index (χ4v) is 4.61. The van der Waals surface area contributed by atoms with E-state index >= 15 is 0 Å². The first-order valence-corrected chi connectivity index (χ1v) is 12.3. The monoisotopic (exact) mass is 430 g/mol. The first kappa shape index (κ1) is 23.9. The molecular weight excluding hydrogens is 396 g/mol. The van der Waals surface area contributed by atoms with Crippen LogP contribution in [-0.4, -0.2) is 33.7 Å². The Bertz CT molecular complexity index is 940. The van der Waals surface area contributed by atoms with Crippen molar-refractivity contribution in [1.82, 2.24) is 5.32 Å². The van der Waals surface area contributed by atoms with E-state index in [1.54, 1.807) is 0 Å². The van der Waals surface area contributed by atoms with Gasteiger partial charge in [0.2, 0.25) is 15.9 Å². The molecule has 0 aromatic heterocycles. The van der Waals surface area contributed by atoms with Crippen LogP contribution in [0.1, 0.15) is 62.1 Å². The van der Waals surface area contributed by atoms with Crippen LogP contribution in [0.2, 0.25) is 0 Å². The van der Waals surface area contributed by atoms with E-state index < -0.39 is 10.0 Å². The number of anilines is 1. The molecule has 164 valence electrons. The number of nitrogens with one attached hydrogen (secondary N) is 1. The molecule has 0 radical (unpaired) electrons. The lowest BCUT2D eigenvalue weighted by Gasteiger charge is -2.28. The lowest BCUT2D eigenvalue weighted by molar-refractivity contribution is -0.121.